The number of hydrogen-bond donors (Lipinski definition) is 1. The molecule has 0 spiro atoms. The third kappa shape index (κ3) is 5.04. The Balaban J connectivity index is 2.00. The third-order valence-corrected chi connectivity index (χ3v) is 4.61. The molecule has 0 aliphatic heterocycles. The van der Waals surface area contributed by atoms with Crippen molar-refractivity contribution in [2.45, 2.75) is 32.9 Å². The Kier molecular flexibility index (Phi) is 6.55. The first-order valence-corrected chi connectivity index (χ1v) is 8.66. The van der Waals surface area contributed by atoms with Crippen LogP contribution in [0.4, 0.5) is 0 Å². The van der Waals surface area contributed by atoms with Crippen LogP contribution in [0.3, 0.4) is 0 Å². The largest absolute Gasteiger partial charge is 0.338 e. The lowest BCUT2D eigenvalue weighted by Crippen LogP contribution is -2.33. The highest BCUT2D eigenvalue weighted by Crippen LogP contribution is 2.08. The van der Waals surface area contributed by atoms with Gasteiger partial charge >= 0.3 is 4.87 Å². The van der Waals surface area contributed by atoms with Gasteiger partial charge in [0.2, 0.25) is 5.91 Å². The molecule has 0 aliphatic rings. The second-order valence-corrected chi connectivity index (χ2v) is 6.31. The average Bonchev–Trinajstić information content (AvgIpc) is 2.88. The van der Waals surface area contributed by atoms with Crippen LogP contribution in [-0.2, 0) is 17.9 Å². The highest BCUT2D eigenvalue weighted by Gasteiger charge is 2.14. The fourth-order valence-electron chi connectivity index (χ4n) is 2.42. The molecule has 1 amide bonds. The van der Waals surface area contributed by atoms with E-state index in [2.05, 4.69) is 0 Å². The Bertz CT molecular complexity index is 679. The Labute approximate surface area is 140 Å². The molecule has 0 atom stereocenters. The highest BCUT2D eigenvalue weighted by atomic mass is 32.1. The van der Waals surface area contributed by atoms with Crippen LogP contribution in [0.25, 0.3) is 0 Å². The molecule has 5 nitrogen and oxygen atoms in total. The summed E-state index contributed by atoms with van der Waals surface area (Å²) < 4.78 is 1.66. The van der Waals surface area contributed by atoms with E-state index in [4.69, 9.17) is 5.73 Å². The van der Waals surface area contributed by atoms with E-state index in [1.807, 2.05) is 47.5 Å². The van der Waals surface area contributed by atoms with Crippen molar-refractivity contribution >= 4 is 17.2 Å². The lowest BCUT2D eigenvalue weighted by atomic mass is 10.2. The topological polar surface area (TPSA) is 68.3 Å². The molecule has 23 heavy (non-hydrogen) atoms. The first kappa shape index (κ1) is 17.4. The van der Waals surface area contributed by atoms with E-state index in [0.29, 0.717) is 32.6 Å². The van der Waals surface area contributed by atoms with Gasteiger partial charge in [0.1, 0.15) is 0 Å². The van der Waals surface area contributed by atoms with Crippen molar-refractivity contribution in [3.8, 4) is 0 Å². The Morgan fingerprint density at radius 2 is 2.04 bits per heavy atom. The van der Waals surface area contributed by atoms with E-state index in [1.165, 1.54) is 11.3 Å². The van der Waals surface area contributed by atoms with E-state index in [-0.39, 0.29) is 10.8 Å². The van der Waals surface area contributed by atoms with Crippen molar-refractivity contribution in [1.82, 2.24) is 9.47 Å². The van der Waals surface area contributed by atoms with Crippen LogP contribution in [-0.4, -0.2) is 28.5 Å². The van der Waals surface area contributed by atoms with Crippen molar-refractivity contribution in [2.24, 2.45) is 5.73 Å². The molecule has 1 aromatic carbocycles. The minimum Gasteiger partial charge on any atom is -0.338 e. The normalized spacial score (nSPS) is 10.7. The summed E-state index contributed by atoms with van der Waals surface area (Å²) in [6.45, 7) is 4.10. The van der Waals surface area contributed by atoms with Crippen LogP contribution >= 0.6 is 11.3 Å². The predicted molar refractivity (Wildman–Crippen MR) is 93.5 cm³/mol. The fraction of sp³-hybridized carbons (Fsp3) is 0.412. The predicted octanol–water partition coefficient (Wildman–Crippen LogP) is 1.99. The number of carbonyl (C=O) groups excluding carboxylic acids is 1. The number of aromatic nitrogens is 1. The molecule has 1 heterocycles. The summed E-state index contributed by atoms with van der Waals surface area (Å²) >= 11 is 1.17. The molecule has 1 aromatic heterocycles. The summed E-state index contributed by atoms with van der Waals surface area (Å²) in [5.41, 5.74) is 7.58. The van der Waals surface area contributed by atoms with Crippen molar-refractivity contribution in [2.75, 3.05) is 13.1 Å². The van der Waals surface area contributed by atoms with Gasteiger partial charge in [-0.25, -0.2) is 0 Å². The monoisotopic (exact) mass is 333 g/mol. The van der Waals surface area contributed by atoms with E-state index in [0.717, 1.165) is 17.7 Å². The van der Waals surface area contributed by atoms with Crippen LogP contribution in [0.1, 0.15) is 24.1 Å². The van der Waals surface area contributed by atoms with Gasteiger partial charge in [0.05, 0.1) is 0 Å². The van der Waals surface area contributed by atoms with Gasteiger partial charge in [0, 0.05) is 37.1 Å². The van der Waals surface area contributed by atoms with E-state index in [1.54, 1.807) is 4.57 Å². The lowest BCUT2D eigenvalue weighted by Gasteiger charge is -2.23. The summed E-state index contributed by atoms with van der Waals surface area (Å²) in [5.74, 6) is 0.0554. The van der Waals surface area contributed by atoms with E-state index >= 15 is 0 Å². The second-order valence-electron chi connectivity index (χ2n) is 5.49. The number of carbonyl (C=O) groups is 1. The van der Waals surface area contributed by atoms with Crippen molar-refractivity contribution in [1.29, 1.82) is 0 Å². The van der Waals surface area contributed by atoms with Gasteiger partial charge in [-0.3, -0.25) is 9.59 Å². The third-order valence-electron chi connectivity index (χ3n) is 3.73. The van der Waals surface area contributed by atoms with Crippen LogP contribution in [0.5, 0.6) is 0 Å². The number of aryl methyl sites for hydroxylation is 1. The van der Waals surface area contributed by atoms with E-state index < -0.39 is 0 Å². The molecule has 0 aliphatic carbocycles. The standard InChI is InChI=1S/C17H23N3O2S/c1-14-13-23-17(22)20(14)11-8-16(21)19(10-5-9-18)12-15-6-3-2-4-7-15/h2-4,6-7,13H,5,8-12,18H2,1H3. The Hall–Kier alpha value is -1.92. The molecule has 0 bridgehead atoms. The number of hydrogen-bond acceptors (Lipinski definition) is 4. The molecule has 2 rings (SSSR count). The Morgan fingerprint density at radius 3 is 2.65 bits per heavy atom. The highest BCUT2D eigenvalue weighted by molar-refractivity contribution is 7.07. The van der Waals surface area contributed by atoms with Gasteiger partial charge < -0.3 is 15.2 Å². The molecule has 2 N–H and O–H groups in total. The van der Waals surface area contributed by atoms with Gasteiger partial charge in [0.25, 0.3) is 0 Å². The van der Waals surface area contributed by atoms with Crippen molar-refractivity contribution in [3.05, 3.63) is 56.6 Å². The summed E-state index contributed by atoms with van der Waals surface area (Å²) in [4.78, 5) is 26.1. The smallest absolute Gasteiger partial charge is 0.307 e. The van der Waals surface area contributed by atoms with Crippen molar-refractivity contribution < 1.29 is 4.79 Å². The van der Waals surface area contributed by atoms with Gasteiger partial charge in [-0.1, -0.05) is 41.7 Å². The van der Waals surface area contributed by atoms with Gasteiger partial charge in [-0.05, 0) is 25.5 Å². The first-order chi connectivity index (χ1) is 11.1. The second kappa shape index (κ2) is 8.64. The quantitative estimate of drug-likeness (QED) is 0.803. The molecule has 0 fully saturated rings. The summed E-state index contributed by atoms with van der Waals surface area (Å²) in [6, 6.07) is 9.91. The minimum absolute atomic E-state index is 0.00753. The van der Waals surface area contributed by atoms with Crippen LogP contribution < -0.4 is 10.6 Å². The number of amides is 1. The zero-order valence-electron chi connectivity index (χ0n) is 13.4. The maximum Gasteiger partial charge on any atom is 0.307 e. The molecule has 124 valence electrons. The van der Waals surface area contributed by atoms with Gasteiger partial charge in [0.15, 0.2) is 0 Å². The SMILES string of the molecule is Cc1csc(=O)n1CCC(=O)N(CCCN)Cc1ccccc1. The minimum atomic E-state index is -0.00753. The summed E-state index contributed by atoms with van der Waals surface area (Å²) in [6.07, 6.45) is 1.10. The van der Waals surface area contributed by atoms with E-state index in [9.17, 15) is 9.59 Å². The number of nitrogens with zero attached hydrogens (tertiary/aromatic N) is 2. The molecule has 6 heteroatoms. The van der Waals surface area contributed by atoms with Crippen LogP contribution in [0.15, 0.2) is 40.5 Å². The zero-order chi connectivity index (χ0) is 16.7. The molecule has 0 radical (unpaired) electrons. The number of thiazole rings is 1. The number of nitrogens with two attached hydrogens (primary N) is 1. The van der Waals surface area contributed by atoms with Crippen molar-refractivity contribution in [3.63, 3.8) is 0 Å². The molecule has 0 unspecified atom stereocenters. The molecular formula is C17H23N3O2S. The number of rotatable bonds is 8. The summed E-state index contributed by atoms with van der Waals surface area (Å²) in [7, 11) is 0. The fourth-order valence-corrected chi connectivity index (χ4v) is 3.18. The molecule has 0 saturated heterocycles. The zero-order valence-corrected chi connectivity index (χ0v) is 14.2. The molecular weight excluding hydrogens is 310 g/mol. The maximum absolute atomic E-state index is 12.5. The Morgan fingerprint density at radius 1 is 1.30 bits per heavy atom. The molecule has 0 saturated carbocycles. The van der Waals surface area contributed by atoms with Gasteiger partial charge in [-0.15, -0.1) is 0 Å². The first-order valence-electron chi connectivity index (χ1n) is 7.78. The lowest BCUT2D eigenvalue weighted by molar-refractivity contribution is -0.132. The van der Waals surface area contributed by atoms with Gasteiger partial charge in [-0.2, -0.15) is 0 Å². The maximum atomic E-state index is 12.5. The summed E-state index contributed by atoms with van der Waals surface area (Å²) in [5, 5.41) is 1.82. The van der Waals surface area contributed by atoms with Crippen LogP contribution in [0, 0.1) is 6.92 Å². The number of benzene rings is 1. The van der Waals surface area contributed by atoms with Crippen LogP contribution in [0.2, 0.25) is 0 Å². The average molecular weight is 333 g/mol. The molecule has 2 aromatic rings.